The molecule has 98 valence electrons. The summed E-state index contributed by atoms with van der Waals surface area (Å²) < 4.78 is 0. The van der Waals surface area contributed by atoms with Crippen molar-refractivity contribution >= 4 is 17.4 Å². The molecule has 0 heterocycles. The van der Waals surface area contributed by atoms with Gasteiger partial charge in [-0.3, -0.25) is 4.79 Å². The van der Waals surface area contributed by atoms with Crippen LogP contribution in [0.2, 0.25) is 5.02 Å². The molecule has 0 spiro atoms. The van der Waals surface area contributed by atoms with Crippen LogP contribution in [0.3, 0.4) is 0 Å². The lowest BCUT2D eigenvalue weighted by Crippen LogP contribution is -2.32. The van der Waals surface area contributed by atoms with E-state index in [0.29, 0.717) is 5.78 Å². The summed E-state index contributed by atoms with van der Waals surface area (Å²) >= 11 is 6.15. The number of hydrogen-bond donors (Lipinski definition) is 0. The maximum atomic E-state index is 11.8. The minimum Gasteiger partial charge on any atom is -0.301 e. The summed E-state index contributed by atoms with van der Waals surface area (Å²) in [7, 11) is 2.06. The van der Waals surface area contributed by atoms with Crippen molar-refractivity contribution in [2.45, 2.75) is 32.2 Å². The van der Waals surface area contributed by atoms with Crippen molar-refractivity contribution in [3.63, 3.8) is 0 Å². The molecule has 1 aliphatic rings. The first-order valence-electron chi connectivity index (χ1n) is 6.61. The lowest BCUT2D eigenvalue weighted by atomic mass is 9.87. The predicted molar refractivity (Wildman–Crippen MR) is 74.8 cm³/mol. The maximum Gasteiger partial charge on any atom is 0.137 e. The van der Waals surface area contributed by atoms with Gasteiger partial charge in [-0.15, -0.1) is 0 Å². The quantitative estimate of drug-likeness (QED) is 0.830. The Morgan fingerprint density at radius 1 is 1.33 bits per heavy atom. The first-order chi connectivity index (χ1) is 8.66. The number of carbonyl (C=O) groups excluding carboxylic acids is 1. The second kappa shape index (κ2) is 6.35. The lowest BCUT2D eigenvalue weighted by molar-refractivity contribution is -0.125. The Balaban J connectivity index is 1.90. The molecule has 0 saturated heterocycles. The van der Waals surface area contributed by atoms with Crippen LogP contribution in [0, 0.1) is 5.92 Å². The number of ketones is 1. The molecule has 18 heavy (non-hydrogen) atoms. The van der Waals surface area contributed by atoms with Gasteiger partial charge < -0.3 is 4.90 Å². The summed E-state index contributed by atoms with van der Waals surface area (Å²) in [6.45, 7) is 1.66. The van der Waals surface area contributed by atoms with Crippen LogP contribution in [0.1, 0.15) is 31.2 Å². The van der Waals surface area contributed by atoms with Crippen LogP contribution < -0.4 is 0 Å². The Labute approximate surface area is 114 Å². The average molecular weight is 266 g/mol. The van der Waals surface area contributed by atoms with Crippen molar-refractivity contribution in [3.05, 3.63) is 34.9 Å². The zero-order valence-electron chi connectivity index (χ0n) is 10.9. The zero-order chi connectivity index (χ0) is 13.0. The van der Waals surface area contributed by atoms with E-state index in [1.807, 2.05) is 24.3 Å². The van der Waals surface area contributed by atoms with Gasteiger partial charge in [0.25, 0.3) is 0 Å². The number of nitrogens with zero attached hydrogens (tertiary/aromatic N) is 1. The van der Waals surface area contributed by atoms with Crippen molar-refractivity contribution in [2.75, 3.05) is 13.6 Å². The summed E-state index contributed by atoms with van der Waals surface area (Å²) in [4.78, 5) is 14.0. The van der Waals surface area contributed by atoms with Gasteiger partial charge in [0, 0.05) is 30.5 Å². The molecule has 1 aliphatic carbocycles. The number of halogens is 1. The van der Waals surface area contributed by atoms with Crippen LogP contribution in [0.15, 0.2) is 24.3 Å². The molecule has 0 N–H and O–H groups in total. The third-order valence-corrected chi connectivity index (χ3v) is 3.98. The van der Waals surface area contributed by atoms with Gasteiger partial charge in [0.15, 0.2) is 0 Å². The first-order valence-corrected chi connectivity index (χ1v) is 6.99. The summed E-state index contributed by atoms with van der Waals surface area (Å²) in [5.41, 5.74) is 1.13. The average Bonchev–Trinajstić information content (AvgIpc) is 2.35. The van der Waals surface area contributed by atoms with E-state index >= 15 is 0 Å². The molecule has 0 aromatic heterocycles. The van der Waals surface area contributed by atoms with Crippen molar-refractivity contribution in [1.82, 2.24) is 4.90 Å². The fourth-order valence-electron chi connectivity index (χ4n) is 2.61. The van der Waals surface area contributed by atoms with Crippen LogP contribution >= 0.6 is 11.6 Å². The van der Waals surface area contributed by atoms with Gasteiger partial charge >= 0.3 is 0 Å². The lowest BCUT2D eigenvalue weighted by Gasteiger charge is -2.26. The smallest absolute Gasteiger partial charge is 0.137 e. The van der Waals surface area contributed by atoms with Crippen molar-refractivity contribution in [2.24, 2.45) is 5.92 Å². The Morgan fingerprint density at radius 3 is 2.83 bits per heavy atom. The molecule has 0 aliphatic heterocycles. The Kier molecular flexibility index (Phi) is 4.79. The van der Waals surface area contributed by atoms with Crippen LogP contribution in [-0.2, 0) is 11.3 Å². The second-order valence-electron chi connectivity index (χ2n) is 5.20. The third-order valence-electron chi connectivity index (χ3n) is 3.61. The Morgan fingerprint density at radius 2 is 2.11 bits per heavy atom. The van der Waals surface area contributed by atoms with E-state index in [9.17, 15) is 4.79 Å². The van der Waals surface area contributed by atoms with E-state index in [4.69, 9.17) is 11.6 Å². The van der Waals surface area contributed by atoms with E-state index in [1.54, 1.807) is 0 Å². The molecule has 1 atom stereocenters. The van der Waals surface area contributed by atoms with E-state index in [0.717, 1.165) is 42.9 Å². The fraction of sp³-hybridized carbons (Fsp3) is 0.533. The van der Waals surface area contributed by atoms with Gasteiger partial charge in [-0.1, -0.05) is 36.2 Å². The van der Waals surface area contributed by atoms with Crippen LogP contribution in [0.5, 0.6) is 0 Å². The van der Waals surface area contributed by atoms with Gasteiger partial charge in [-0.2, -0.15) is 0 Å². The van der Waals surface area contributed by atoms with Gasteiger partial charge in [-0.25, -0.2) is 0 Å². The molecule has 0 radical (unpaired) electrons. The van der Waals surface area contributed by atoms with E-state index in [-0.39, 0.29) is 5.92 Å². The number of hydrogen-bond acceptors (Lipinski definition) is 2. The summed E-state index contributed by atoms with van der Waals surface area (Å²) in [6, 6.07) is 7.90. The van der Waals surface area contributed by atoms with Crippen molar-refractivity contribution in [3.8, 4) is 0 Å². The standard InChI is InChI=1S/C15H20ClNO/c1-17(10-12-6-2-4-8-14(12)16)11-13-7-3-5-9-15(13)18/h2,4,6,8,13H,3,5,7,9-11H2,1H3. The highest BCUT2D eigenvalue weighted by atomic mass is 35.5. The molecule has 1 unspecified atom stereocenters. The highest BCUT2D eigenvalue weighted by Crippen LogP contribution is 2.22. The van der Waals surface area contributed by atoms with Crippen LogP contribution in [-0.4, -0.2) is 24.3 Å². The molecule has 0 amide bonds. The fourth-order valence-corrected chi connectivity index (χ4v) is 2.80. The minimum atomic E-state index is 0.228. The van der Waals surface area contributed by atoms with E-state index in [1.165, 1.54) is 6.42 Å². The Hall–Kier alpha value is -0.860. The number of rotatable bonds is 4. The SMILES string of the molecule is CN(Cc1ccccc1Cl)CC1CCCCC1=O. The van der Waals surface area contributed by atoms with E-state index in [2.05, 4.69) is 11.9 Å². The number of carbonyl (C=O) groups is 1. The van der Waals surface area contributed by atoms with Gasteiger partial charge in [0.05, 0.1) is 0 Å². The monoisotopic (exact) mass is 265 g/mol. The van der Waals surface area contributed by atoms with Gasteiger partial charge in [0.1, 0.15) is 5.78 Å². The van der Waals surface area contributed by atoms with Crippen LogP contribution in [0.25, 0.3) is 0 Å². The molecule has 2 rings (SSSR count). The predicted octanol–water partition coefficient (Wildman–Crippen LogP) is 3.53. The summed E-state index contributed by atoms with van der Waals surface area (Å²) in [5, 5.41) is 0.805. The molecular formula is C15H20ClNO. The van der Waals surface area contributed by atoms with Crippen LogP contribution in [0.4, 0.5) is 0 Å². The molecule has 1 aromatic carbocycles. The highest BCUT2D eigenvalue weighted by Gasteiger charge is 2.23. The Bertz CT molecular complexity index is 419. The van der Waals surface area contributed by atoms with Gasteiger partial charge in [-0.05, 0) is 31.5 Å². The molecule has 2 nitrogen and oxygen atoms in total. The number of Topliss-reactive ketones (excluding diaryl/α,β-unsaturated/α-hetero) is 1. The molecule has 1 aromatic rings. The van der Waals surface area contributed by atoms with Crippen molar-refractivity contribution < 1.29 is 4.79 Å². The topological polar surface area (TPSA) is 20.3 Å². The summed E-state index contributed by atoms with van der Waals surface area (Å²) in [6.07, 6.45) is 4.08. The molecule has 1 fully saturated rings. The molecular weight excluding hydrogens is 246 g/mol. The second-order valence-corrected chi connectivity index (χ2v) is 5.60. The summed E-state index contributed by atoms with van der Waals surface area (Å²) in [5.74, 6) is 0.665. The first kappa shape index (κ1) is 13.6. The number of benzene rings is 1. The normalized spacial score (nSPS) is 20.4. The molecule has 3 heteroatoms. The third kappa shape index (κ3) is 3.56. The largest absolute Gasteiger partial charge is 0.301 e. The molecule has 1 saturated carbocycles. The minimum absolute atomic E-state index is 0.228. The van der Waals surface area contributed by atoms with Crippen molar-refractivity contribution in [1.29, 1.82) is 0 Å². The van der Waals surface area contributed by atoms with Gasteiger partial charge in [0.2, 0.25) is 0 Å². The molecule has 0 bridgehead atoms. The maximum absolute atomic E-state index is 11.8. The van der Waals surface area contributed by atoms with E-state index < -0.39 is 0 Å². The zero-order valence-corrected chi connectivity index (χ0v) is 11.6. The highest BCUT2D eigenvalue weighted by molar-refractivity contribution is 6.31.